The maximum Gasteiger partial charge on any atom is 0.153 e. The summed E-state index contributed by atoms with van der Waals surface area (Å²) in [6.45, 7) is 4.41. The third-order valence-corrected chi connectivity index (χ3v) is 5.09. The number of rotatable bonds is 3. The summed E-state index contributed by atoms with van der Waals surface area (Å²) in [5.41, 5.74) is 5.98. The molecule has 3 nitrogen and oxygen atoms in total. The van der Waals surface area contributed by atoms with Crippen LogP contribution in [-0.4, -0.2) is 36.1 Å². The molecule has 0 N–H and O–H groups in total. The second-order valence-electron chi connectivity index (χ2n) is 5.78. The van der Waals surface area contributed by atoms with Gasteiger partial charge in [-0.3, -0.25) is 4.90 Å². The number of aromatic nitrogens is 1. The van der Waals surface area contributed by atoms with E-state index in [0.717, 1.165) is 37.3 Å². The Hall–Kier alpha value is -1.98. The van der Waals surface area contributed by atoms with Gasteiger partial charge < -0.3 is 4.90 Å². The van der Waals surface area contributed by atoms with Gasteiger partial charge in [-0.25, -0.2) is 9.37 Å². The minimum absolute atomic E-state index is 0.113. The van der Waals surface area contributed by atoms with Crippen molar-refractivity contribution in [2.75, 3.05) is 31.1 Å². The number of thiazole rings is 1. The van der Waals surface area contributed by atoms with Crippen LogP contribution in [0.3, 0.4) is 0 Å². The summed E-state index contributed by atoms with van der Waals surface area (Å²) in [6, 6.07) is 13.3. The van der Waals surface area contributed by atoms with Crippen LogP contribution < -0.4 is 4.90 Å². The van der Waals surface area contributed by atoms with Crippen molar-refractivity contribution in [1.29, 1.82) is 0 Å². The number of benzene rings is 2. The second kappa shape index (κ2) is 6.26. The molecule has 3 aromatic rings. The van der Waals surface area contributed by atoms with Gasteiger partial charge in [-0.05, 0) is 18.2 Å². The highest BCUT2D eigenvalue weighted by molar-refractivity contribution is 7.16. The van der Waals surface area contributed by atoms with E-state index in [2.05, 4.69) is 38.5 Å². The van der Waals surface area contributed by atoms with Crippen LogP contribution >= 0.6 is 11.3 Å². The summed E-state index contributed by atoms with van der Waals surface area (Å²) in [4.78, 5) is 9.06. The highest BCUT2D eigenvalue weighted by Crippen LogP contribution is 2.28. The minimum atomic E-state index is -0.113. The number of anilines is 1. The third-order valence-electron chi connectivity index (χ3n) is 4.36. The Balaban J connectivity index is 1.45. The van der Waals surface area contributed by atoms with Gasteiger partial charge in [0.05, 0.1) is 10.4 Å². The maximum atomic E-state index is 13.8. The van der Waals surface area contributed by atoms with Crippen LogP contribution in [0.25, 0.3) is 10.2 Å². The van der Waals surface area contributed by atoms with Crippen LogP contribution in [0.4, 0.5) is 10.1 Å². The quantitative estimate of drug-likeness (QED) is 0.734. The number of nitrogens with zero attached hydrogens (tertiary/aromatic N) is 3. The van der Waals surface area contributed by atoms with Crippen molar-refractivity contribution >= 4 is 27.2 Å². The average molecular weight is 326 g/mol. The lowest BCUT2D eigenvalue weighted by Crippen LogP contribution is -2.46. The summed E-state index contributed by atoms with van der Waals surface area (Å²) in [5, 5.41) is 0. The Morgan fingerprint density at radius 3 is 2.70 bits per heavy atom. The zero-order valence-electron chi connectivity index (χ0n) is 12.7. The highest BCUT2D eigenvalue weighted by atomic mass is 32.1. The second-order valence-corrected chi connectivity index (χ2v) is 6.61. The van der Waals surface area contributed by atoms with E-state index < -0.39 is 0 Å². The standard InChI is InChI=1S/C18H17FN3S/c19-15-5-2-1-4-14(15)12-21-8-10-22(11-9-21)16-6-3-7-17-18(16)20-13-23-17/h1-7H,8-12H2. The van der Waals surface area contributed by atoms with E-state index >= 15 is 0 Å². The minimum Gasteiger partial charge on any atom is -0.367 e. The molecule has 1 fully saturated rings. The monoisotopic (exact) mass is 326 g/mol. The van der Waals surface area contributed by atoms with Gasteiger partial charge in [0.2, 0.25) is 0 Å². The molecule has 2 aromatic carbocycles. The Morgan fingerprint density at radius 1 is 1.04 bits per heavy atom. The number of fused-ring (bicyclic) bond motifs is 1. The van der Waals surface area contributed by atoms with Crippen molar-refractivity contribution in [2.24, 2.45) is 0 Å². The van der Waals surface area contributed by atoms with Gasteiger partial charge in [0.25, 0.3) is 0 Å². The lowest BCUT2D eigenvalue weighted by molar-refractivity contribution is 0.247. The van der Waals surface area contributed by atoms with Crippen LogP contribution in [0.1, 0.15) is 5.56 Å². The van der Waals surface area contributed by atoms with Crippen molar-refractivity contribution in [3.63, 3.8) is 0 Å². The lowest BCUT2D eigenvalue weighted by atomic mass is 10.1. The highest BCUT2D eigenvalue weighted by Gasteiger charge is 2.20. The van der Waals surface area contributed by atoms with Crippen LogP contribution in [0.2, 0.25) is 0 Å². The van der Waals surface area contributed by atoms with Crippen molar-refractivity contribution in [2.45, 2.75) is 6.54 Å². The SMILES string of the molecule is Fc1ccccc1CN1CCN(c2cccc3s[c]nc23)CC1. The fourth-order valence-corrected chi connectivity index (χ4v) is 3.72. The fourth-order valence-electron chi connectivity index (χ4n) is 3.09. The molecule has 1 aromatic heterocycles. The Morgan fingerprint density at radius 2 is 1.87 bits per heavy atom. The maximum absolute atomic E-state index is 13.8. The first-order valence-corrected chi connectivity index (χ1v) is 8.59. The number of hydrogen-bond donors (Lipinski definition) is 0. The molecule has 2 heterocycles. The van der Waals surface area contributed by atoms with Gasteiger partial charge in [0, 0.05) is 38.3 Å². The summed E-state index contributed by atoms with van der Waals surface area (Å²) < 4.78 is 15.0. The van der Waals surface area contributed by atoms with Crippen LogP contribution in [0.15, 0.2) is 42.5 Å². The molecule has 0 aliphatic carbocycles. The number of piperazine rings is 1. The molecule has 0 spiro atoms. The van der Waals surface area contributed by atoms with E-state index in [1.54, 1.807) is 17.4 Å². The molecule has 0 atom stereocenters. The molecule has 5 heteroatoms. The molecule has 0 saturated carbocycles. The van der Waals surface area contributed by atoms with E-state index in [1.807, 2.05) is 12.1 Å². The fraction of sp³-hybridized carbons (Fsp3) is 0.278. The normalized spacial score (nSPS) is 16.1. The van der Waals surface area contributed by atoms with Crippen molar-refractivity contribution in [3.05, 3.63) is 59.4 Å². The van der Waals surface area contributed by atoms with Gasteiger partial charge in [-0.1, -0.05) is 24.3 Å². The van der Waals surface area contributed by atoms with Crippen molar-refractivity contribution in [1.82, 2.24) is 9.88 Å². The predicted molar refractivity (Wildman–Crippen MR) is 92.3 cm³/mol. The Bertz CT molecular complexity index is 809. The summed E-state index contributed by atoms with van der Waals surface area (Å²) >= 11 is 1.55. The third kappa shape index (κ3) is 2.94. The molecule has 1 radical (unpaired) electrons. The van der Waals surface area contributed by atoms with E-state index in [4.69, 9.17) is 0 Å². The largest absolute Gasteiger partial charge is 0.367 e. The molecule has 1 aliphatic heterocycles. The van der Waals surface area contributed by atoms with E-state index in [0.29, 0.717) is 6.54 Å². The molecule has 117 valence electrons. The Kier molecular flexibility index (Phi) is 3.97. The van der Waals surface area contributed by atoms with Gasteiger partial charge >= 0.3 is 0 Å². The molecule has 1 saturated heterocycles. The number of para-hydroxylation sites is 1. The van der Waals surface area contributed by atoms with Gasteiger partial charge in [-0.15, -0.1) is 11.3 Å². The smallest absolute Gasteiger partial charge is 0.153 e. The molecular formula is C18H17FN3S. The predicted octanol–water partition coefficient (Wildman–Crippen LogP) is 3.56. The van der Waals surface area contributed by atoms with Crippen LogP contribution in [0.5, 0.6) is 0 Å². The first kappa shape index (κ1) is 14.6. The number of halogens is 1. The first-order chi connectivity index (χ1) is 11.3. The van der Waals surface area contributed by atoms with E-state index in [9.17, 15) is 4.39 Å². The van der Waals surface area contributed by atoms with E-state index in [-0.39, 0.29) is 5.82 Å². The average Bonchev–Trinajstić information content (AvgIpc) is 3.06. The molecule has 0 bridgehead atoms. The Labute approximate surface area is 139 Å². The van der Waals surface area contributed by atoms with Crippen molar-refractivity contribution < 1.29 is 4.39 Å². The van der Waals surface area contributed by atoms with Crippen LogP contribution in [0, 0.1) is 11.3 Å². The number of hydrogen-bond acceptors (Lipinski definition) is 4. The zero-order chi connectivity index (χ0) is 15.6. The molecule has 23 heavy (non-hydrogen) atoms. The molecular weight excluding hydrogens is 309 g/mol. The topological polar surface area (TPSA) is 19.4 Å². The van der Waals surface area contributed by atoms with E-state index in [1.165, 1.54) is 16.5 Å². The molecule has 0 unspecified atom stereocenters. The summed E-state index contributed by atoms with van der Waals surface area (Å²) in [6.07, 6.45) is 0. The van der Waals surface area contributed by atoms with Gasteiger partial charge in [0.15, 0.2) is 5.51 Å². The lowest BCUT2D eigenvalue weighted by Gasteiger charge is -2.36. The van der Waals surface area contributed by atoms with Crippen molar-refractivity contribution in [3.8, 4) is 0 Å². The summed E-state index contributed by atoms with van der Waals surface area (Å²) in [5.74, 6) is -0.113. The van der Waals surface area contributed by atoms with Gasteiger partial charge in [0.1, 0.15) is 11.3 Å². The molecule has 4 rings (SSSR count). The van der Waals surface area contributed by atoms with Crippen LogP contribution in [-0.2, 0) is 6.54 Å². The zero-order valence-corrected chi connectivity index (χ0v) is 13.5. The molecule has 1 aliphatic rings. The first-order valence-electron chi connectivity index (χ1n) is 7.77. The molecule has 0 amide bonds. The van der Waals surface area contributed by atoms with Gasteiger partial charge in [-0.2, -0.15) is 0 Å². The summed E-state index contributed by atoms with van der Waals surface area (Å²) in [7, 11) is 0.